The van der Waals surface area contributed by atoms with E-state index in [1.807, 2.05) is 0 Å². The summed E-state index contributed by atoms with van der Waals surface area (Å²) in [5.74, 6) is -0.928. The van der Waals surface area contributed by atoms with Gasteiger partial charge in [-0.15, -0.1) is 11.3 Å². The maximum absolute atomic E-state index is 12.9. The fraction of sp³-hybridized carbons (Fsp3) is 0.250. The van der Waals surface area contributed by atoms with Gasteiger partial charge >= 0.3 is 12.1 Å². The van der Waals surface area contributed by atoms with Crippen molar-refractivity contribution in [1.82, 2.24) is 0 Å². The van der Waals surface area contributed by atoms with Crippen molar-refractivity contribution in [2.24, 2.45) is 0 Å². The van der Waals surface area contributed by atoms with Crippen molar-refractivity contribution >= 4 is 27.4 Å². The zero-order valence-electron chi connectivity index (χ0n) is 9.38. The molecule has 18 heavy (non-hydrogen) atoms. The van der Waals surface area contributed by atoms with E-state index in [0.29, 0.717) is 16.0 Å². The van der Waals surface area contributed by atoms with Crippen LogP contribution in [0.25, 0.3) is 10.1 Å². The molecule has 0 aliphatic rings. The van der Waals surface area contributed by atoms with Crippen LogP contribution in [0.15, 0.2) is 24.3 Å². The summed E-state index contributed by atoms with van der Waals surface area (Å²) in [6.45, 7) is 1.60. The van der Waals surface area contributed by atoms with Crippen LogP contribution in [0, 0.1) is 0 Å². The lowest BCUT2D eigenvalue weighted by molar-refractivity contribution is -0.134. The smallest absolute Gasteiger partial charge is 0.426 e. The monoisotopic (exact) mass is 274 g/mol. The first kappa shape index (κ1) is 12.9. The van der Waals surface area contributed by atoms with Gasteiger partial charge in [0.1, 0.15) is 4.88 Å². The summed E-state index contributed by atoms with van der Waals surface area (Å²) < 4.78 is 43.8. The molecule has 2 rings (SSSR count). The lowest BCUT2D eigenvalue weighted by Crippen LogP contribution is -2.12. The van der Waals surface area contributed by atoms with Crippen molar-refractivity contribution in [1.29, 1.82) is 0 Å². The standard InChI is InChI=1S/C12H9F3O2S/c1-2-17-11(16)9-7-5-3-4-6-8(7)18-10(9)12(13,14)15/h3-6H,2H2,1H3. The molecule has 0 N–H and O–H groups in total. The van der Waals surface area contributed by atoms with Gasteiger partial charge in [-0.2, -0.15) is 13.2 Å². The van der Waals surface area contributed by atoms with Gasteiger partial charge < -0.3 is 4.74 Å². The van der Waals surface area contributed by atoms with E-state index in [9.17, 15) is 18.0 Å². The van der Waals surface area contributed by atoms with E-state index < -0.39 is 17.0 Å². The summed E-state index contributed by atoms with van der Waals surface area (Å²) in [6, 6.07) is 6.27. The van der Waals surface area contributed by atoms with E-state index >= 15 is 0 Å². The number of thiophene rings is 1. The average molecular weight is 274 g/mol. The van der Waals surface area contributed by atoms with Crippen LogP contribution in [0.2, 0.25) is 0 Å². The summed E-state index contributed by atoms with van der Waals surface area (Å²) in [6.07, 6.45) is -4.55. The van der Waals surface area contributed by atoms with Crippen molar-refractivity contribution < 1.29 is 22.7 Å². The lowest BCUT2D eigenvalue weighted by Gasteiger charge is -2.07. The summed E-state index contributed by atoms with van der Waals surface area (Å²) in [4.78, 5) is 10.8. The molecule has 6 heteroatoms. The lowest BCUT2D eigenvalue weighted by atomic mass is 10.1. The summed E-state index contributed by atoms with van der Waals surface area (Å²) in [5, 5.41) is 0.285. The number of fused-ring (bicyclic) bond motifs is 1. The normalized spacial score (nSPS) is 11.8. The van der Waals surface area contributed by atoms with Crippen LogP contribution in [0.4, 0.5) is 13.2 Å². The van der Waals surface area contributed by atoms with Crippen LogP contribution in [0.5, 0.6) is 0 Å². The van der Waals surface area contributed by atoms with Crippen molar-refractivity contribution in [2.45, 2.75) is 13.1 Å². The zero-order valence-corrected chi connectivity index (χ0v) is 10.2. The Morgan fingerprint density at radius 2 is 2.00 bits per heavy atom. The van der Waals surface area contributed by atoms with Crippen molar-refractivity contribution in [3.63, 3.8) is 0 Å². The molecule has 0 saturated heterocycles. The molecule has 1 aromatic heterocycles. The van der Waals surface area contributed by atoms with Gasteiger partial charge in [-0.25, -0.2) is 4.79 Å². The highest BCUT2D eigenvalue weighted by molar-refractivity contribution is 7.19. The van der Waals surface area contributed by atoms with E-state index in [2.05, 4.69) is 0 Å². The molecule has 1 aromatic carbocycles. The third-order valence-electron chi connectivity index (χ3n) is 2.33. The fourth-order valence-corrected chi connectivity index (χ4v) is 2.71. The molecule has 0 atom stereocenters. The number of esters is 1. The molecular formula is C12H9F3O2S. The van der Waals surface area contributed by atoms with Gasteiger partial charge in [0.25, 0.3) is 0 Å². The second kappa shape index (κ2) is 4.61. The average Bonchev–Trinajstić information content (AvgIpc) is 2.68. The number of carbonyl (C=O) groups excluding carboxylic acids is 1. The Morgan fingerprint density at radius 3 is 2.61 bits per heavy atom. The van der Waals surface area contributed by atoms with Crippen molar-refractivity contribution in [2.75, 3.05) is 6.61 Å². The van der Waals surface area contributed by atoms with Crippen LogP contribution >= 0.6 is 11.3 Å². The van der Waals surface area contributed by atoms with E-state index in [0.717, 1.165) is 0 Å². The largest absolute Gasteiger partial charge is 0.462 e. The molecule has 2 aromatic rings. The zero-order chi connectivity index (χ0) is 13.3. The highest BCUT2D eigenvalue weighted by Gasteiger charge is 2.39. The third kappa shape index (κ3) is 2.20. The number of alkyl halides is 3. The molecule has 0 fully saturated rings. The molecule has 0 saturated carbocycles. The molecule has 96 valence electrons. The van der Waals surface area contributed by atoms with Gasteiger partial charge in [-0.3, -0.25) is 0 Å². The minimum Gasteiger partial charge on any atom is -0.462 e. The predicted molar refractivity (Wildman–Crippen MR) is 62.8 cm³/mol. The first-order valence-electron chi connectivity index (χ1n) is 5.21. The van der Waals surface area contributed by atoms with Gasteiger partial charge in [-0.05, 0) is 13.0 Å². The van der Waals surface area contributed by atoms with Gasteiger partial charge in [0.05, 0.1) is 12.2 Å². The molecule has 0 amide bonds. The van der Waals surface area contributed by atoms with Gasteiger partial charge in [-0.1, -0.05) is 18.2 Å². The molecule has 0 spiro atoms. The number of hydrogen-bond acceptors (Lipinski definition) is 3. The molecular weight excluding hydrogens is 265 g/mol. The molecule has 0 radical (unpaired) electrons. The maximum atomic E-state index is 12.9. The van der Waals surface area contributed by atoms with Crippen LogP contribution < -0.4 is 0 Å². The topological polar surface area (TPSA) is 26.3 Å². The van der Waals surface area contributed by atoms with Crippen LogP contribution in [-0.4, -0.2) is 12.6 Å². The molecule has 0 unspecified atom stereocenters. The second-order valence-corrected chi connectivity index (χ2v) is 4.57. The maximum Gasteiger partial charge on any atom is 0.426 e. The van der Waals surface area contributed by atoms with Crippen LogP contribution in [0.3, 0.4) is 0 Å². The van der Waals surface area contributed by atoms with E-state index in [1.54, 1.807) is 25.1 Å². The van der Waals surface area contributed by atoms with Gasteiger partial charge in [0, 0.05) is 10.1 Å². The Balaban J connectivity index is 2.69. The van der Waals surface area contributed by atoms with Crippen molar-refractivity contribution in [3.05, 3.63) is 34.7 Å². The first-order valence-corrected chi connectivity index (χ1v) is 6.02. The SMILES string of the molecule is CCOC(=O)c1c(C(F)(F)F)sc2ccccc12. The number of carbonyl (C=O) groups is 1. The quantitative estimate of drug-likeness (QED) is 0.771. The van der Waals surface area contributed by atoms with E-state index in [1.165, 1.54) is 6.07 Å². The van der Waals surface area contributed by atoms with Gasteiger partial charge in [0.2, 0.25) is 0 Å². The Morgan fingerprint density at radius 1 is 1.33 bits per heavy atom. The number of ether oxygens (including phenoxy) is 1. The minimum atomic E-state index is -4.55. The first-order chi connectivity index (χ1) is 8.45. The molecule has 2 nitrogen and oxygen atoms in total. The van der Waals surface area contributed by atoms with Crippen LogP contribution in [0.1, 0.15) is 22.2 Å². The Bertz CT molecular complexity index is 587. The second-order valence-electron chi connectivity index (χ2n) is 3.52. The summed E-state index contributed by atoms with van der Waals surface area (Å²) in [7, 11) is 0. The number of hydrogen-bond donors (Lipinski definition) is 0. The highest BCUT2D eigenvalue weighted by atomic mass is 32.1. The molecule has 1 heterocycles. The van der Waals surface area contributed by atoms with Crippen molar-refractivity contribution in [3.8, 4) is 0 Å². The van der Waals surface area contributed by atoms with Crippen LogP contribution in [-0.2, 0) is 10.9 Å². The number of halogens is 3. The van der Waals surface area contributed by atoms with E-state index in [-0.39, 0.29) is 17.6 Å². The molecule has 0 aliphatic heterocycles. The Hall–Kier alpha value is -1.56. The predicted octanol–water partition coefficient (Wildman–Crippen LogP) is 4.10. The molecule has 0 aliphatic carbocycles. The summed E-state index contributed by atoms with van der Waals surface area (Å²) >= 11 is 0.559. The number of benzene rings is 1. The van der Waals surface area contributed by atoms with E-state index in [4.69, 9.17) is 4.74 Å². The molecule has 0 bridgehead atoms. The number of rotatable bonds is 2. The fourth-order valence-electron chi connectivity index (χ4n) is 1.65. The third-order valence-corrected chi connectivity index (χ3v) is 3.55. The minimum absolute atomic E-state index is 0.0420. The Kier molecular flexibility index (Phi) is 3.30. The highest BCUT2D eigenvalue weighted by Crippen LogP contribution is 2.42. The summed E-state index contributed by atoms with van der Waals surface area (Å²) in [5.41, 5.74) is -0.384. The van der Waals surface area contributed by atoms with Gasteiger partial charge in [0.15, 0.2) is 0 Å². The Labute approximate surface area is 105 Å².